The van der Waals surface area contributed by atoms with Crippen LogP contribution < -0.4 is 112 Å². The summed E-state index contributed by atoms with van der Waals surface area (Å²) in [4.78, 5) is -2.43. The molecule has 0 spiro atoms. The first kappa shape index (κ1) is 30.4. The molecule has 2 aromatic rings. The van der Waals surface area contributed by atoms with Crippen LogP contribution in [-0.2, 0) is 30.3 Å². The zero-order chi connectivity index (χ0) is 20.5. The van der Waals surface area contributed by atoms with E-state index in [9.17, 15) is 34.4 Å². The zero-order valence-electron chi connectivity index (χ0n) is 15.3. The molecule has 0 aliphatic heterocycles. The first-order valence-corrected chi connectivity index (χ1v) is 12.2. The maximum Gasteiger partial charge on any atom is 1.00 e. The van der Waals surface area contributed by atoms with Crippen LogP contribution in [0.3, 0.4) is 0 Å². The van der Waals surface area contributed by atoms with Crippen molar-refractivity contribution < 1.29 is 141 Å². The van der Waals surface area contributed by atoms with Crippen LogP contribution in [0.4, 0.5) is 5.69 Å². The van der Waals surface area contributed by atoms with Crippen molar-refractivity contribution in [2.24, 2.45) is 0 Å². The van der Waals surface area contributed by atoms with Crippen molar-refractivity contribution >= 4 is 48.0 Å². The number of rotatable bonds is 7. The van der Waals surface area contributed by atoms with E-state index in [0.29, 0.717) is 18.2 Å². The first-order chi connectivity index (χ1) is 12.3. The topological polar surface area (TPSA) is 170 Å². The molecule has 0 amide bonds. The molecule has 0 saturated heterocycles. The summed E-state index contributed by atoms with van der Waals surface area (Å²) < 4.78 is 98.9. The quantitative estimate of drug-likeness (QED) is 0.207. The fourth-order valence-corrected chi connectivity index (χ4v) is 4.45. The monoisotopic (exact) mass is 531 g/mol. The van der Waals surface area contributed by atoms with Gasteiger partial charge in [0, 0.05) is 12.3 Å². The number of hydrogen-bond donors (Lipinski definition) is 1. The molecular weight excluding hydrogens is 521 g/mol. The number of hydrogen-bond acceptors (Lipinski definition) is 10. The van der Waals surface area contributed by atoms with Crippen molar-refractivity contribution in [2.75, 3.05) is 11.0 Å². The fourth-order valence-electron chi connectivity index (χ4n) is 1.92. The molecule has 0 heterocycles. The Balaban J connectivity index is 0.00000392. The molecule has 1 N–H and O–H groups in total. The number of anilines is 1. The summed E-state index contributed by atoms with van der Waals surface area (Å²) in [5.74, 6) is 0.212. The summed E-state index contributed by atoms with van der Waals surface area (Å²) in [6, 6.07) is 6.81. The molecular formula is C13H11K2NO9S4. The summed E-state index contributed by atoms with van der Waals surface area (Å²) in [5.41, 5.74) is -0.586. The molecule has 0 saturated carbocycles. The van der Waals surface area contributed by atoms with Gasteiger partial charge in [0.25, 0.3) is 10.0 Å². The van der Waals surface area contributed by atoms with Crippen molar-refractivity contribution in [3.8, 4) is 5.75 Å². The Morgan fingerprint density at radius 2 is 1.34 bits per heavy atom. The maximum absolute atomic E-state index is 12.5. The smallest absolute Gasteiger partial charge is 0.744 e. The van der Waals surface area contributed by atoms with Crippen LogP contribution >= 0.6 is 12.0 Å². The molecule has 0 atom stereocenters. The largest absolute Gasteiger partial charge is 1.00 e. The Morgan fingerprint density at radius 1 is 0.828 bits per heavy atom. The Labute approximate surface area is 258 Å². The van der Waals surface area contributed by atoms with E-state index in [1.807, 2.05) is 4.72 Å². The summed E-state index contributed by atoms with van der Waals surface area (Å²) >= 11 is 0.969. The minimum atomic E-state index is -5.15. The molecule has 0 fully saturated rings. The van der Waals surface area contributed by atoms with Gasteiger partial charge in [0.05, 0.1) is 32.4 Å². The van der Waals surface area contributed by atoms with Crippen LogP contribution in [0.5, 0.6) is 5.75 Å². The second kappa shape index (κ2) is 12.1. The van der Waals surface area contributed by atoms with Gasteiger partial charge < -0.3 is 13.3 Å². The standard InChI is InChI=1S/C13H13NO9S4.2K/c1-24-23-10-3-2-4-11(7-10)25(15,16)14-9-5-12(26(17,18)19)8-13(6-9)27(20,21)22;;/h2-8,14H,1H3,(H,17,18,19)(H,20,21,22);;/q;2*+1/p-2. The second-order valence-electron chi connectivity index (χ2n) is 4.93. The van der Waals surface area contributed by atoms with E-state index in [0.717, 1.165) is 18.1 Å². The van der Waals surface area contributed by atoms with Gasteiger partial charge >= 0.3 is 103 Å². The third-order valence-corrected chi connectivity index (χ3v) is 6.37. The van der Waals surface area contributed by atoms with Gasteiger partial charge in [-0.25, -0.2) is 25.3 Å². The van der Waals surface area contributed by atoms with Crippen LogP contribution in [0, 0.1) is 0 Å². The minimum absolute atomic E-state index is 0. The summed E-state index contributed by atoms with van der Waals surface area (Å²) in [7, 11) is -14.6. The van der Waals surface area contributed by atoms with Crippen LogP contribution in [0.2, 0.25) is 0 Å². The van der Waals surface area contributed by atoms with Crippen molar-refractivity contribution in [3.63, 3.8) is 0 Å². The van der Waals surface area contributed by atoms with Gasteiger partial charge in [0.1, 0.15) is 26.0 Å². The van der Waals surface area contributed by atoms with E-state index < -0.39 is 45.7 Å². The Kier molecular flexibility index (Phi) is 12.6. The van der Waals surface area contributed by atoms with E-state index in [1.165, 1.54) is 18.2 Å². The summed E-state index contributed by atoms with van der Waals surface area (Å²) in [6.07, 6.45) is 1.61. The predicted octanol–water partition coefficient (Wildman–Crippen LogP) is -5.04. The zero-order valence-corrected chi connectivity index (χ0v) is 24.9. The molecule has 10 nitrogen and oxygen atoms in total. The second-order valence-corrected chi connectivity index (χ2v) is 9.87. The molecule has 2 aromatic carbocycles. The van der Waals surface area contributed by atoms with Crippen LogP contribution in [0.25, 0.3) is 0 Å². The predicted molar refractivity (Wildman–Crippen MR) is 93.8 cm³/mol. The third-order valence-electron chi connectivity index (χ3n) is 3.00. The van der Waals surface area contributed by atoms with Crippen molar-refractivity contribution in [3.05, 3.63) is 42.5 Å². The van der Waals surface area contributed by atoms with Gasteiger partial charge in [0.15, 0.2) is 0 Å². The van der Waals surface area contributed by atoms with Crippen molar-refractivity contribution in [2.45, 2.75) is 14.7 Å². The van der Waals surface area contributed by atoms with Crippen LogP contribution in [0.1, 0.15) is 0 Å². The van der Waals surface area contributed by atoms with E-state index in [2.05, 4.69) is 0 Å². The molecule has 2 rings (SSSR count). The first-order valence-electron chi connectivity index (χ1n) is 6.73. The fraction of sp³-hybridized carbons (Fsp3) is 0.0769. The summed E-state index contributed by atoms with van der Waals surface area (Å²) in [6.45, 7) is 0. The molecule has 0 aromatic heterocycles. The number of nitrogens with one attached hydrogen (secondary N) is 1. The number of benzene rings is 2. The SMILES string of the molecule is CSOc1cccc(S(=O)(=O)Nc2cc(S(=O)(=O)[O-])cc(S(=O)(=O)[O-])c2)c1.[K+].[K+]. The van der Waals surface area contributed by atoms with E-state index >= 15 is 0 Å². The average Bonchev–Trinajstić information content (AvgIpc) is 2.53. The maximum atomic E-state index is 12.5. The van der Waals surface area contributed by atoms with E-state index in [-0.39, 0.29) is 113 Å². The third kappa shape index (κ3) is 9.06. The van der Waals surface area contributed by atoms with E-state index in [1.54, 1.807) is 6.26 Å². The molecule has 16 heteroatoms. The van der Waals surface area contributed by atoms with Crippen molar-refractivity contribution in [1.82, 2.24) is 0 Å². The van der Waals surface area contributed by atoms with Gasteiger partial charge in [-0.15, -0.1) is 0 Å². The van der Waals surface area contributed by atoms with Gasteiger partial charge in [-0.05, 0) is 30.3 Å². The van der Waals surface area contributed by atoms with Gasteiger partial charge in [-0.2, -0.15) is 0 Å². The molecule has 29 heavy (non-hydrogen) atoms. The van der Waals surface area contributed by atoms with Gasteiger partial charge in [-0.3, -0.25) is 4.72 Å². The number of sulfonamides is 1. The van der Waals surface area contributed by atoms with Crippen LogP contribution in [0.15, 0.2) is 57.2 Å². The Morgan fingerprint density at radius 3 is 1.79 bits per heavy atom. The minimum Gasteiger partial charge on any atom is -0.744 e. The molecule has 0 aliphatic rings. The van der Waals surface area contributed by atoms with Crippen molar-refractivity contribution in [1.29, 1.82) is 0 Å². The van der Waals surface area contributed by atoms with Gasteiger partial charge in [0.2, 0.25) is 0 Å². The molecule has 148 valence electrons. The summed E-state index contributed by atoms with van der Waals surface area (Å²) in [5, 5.41) is 0. The normalized spacial score (nSPS) is 11.7. The Bertz CT molecular complexity index is 1130. The molecule has 0 bridgehead atoms. The van der Waals surface area contributed by atoms with Gasteiger partial charge in [-0.1, -0.05) is 6.07 Å². The van der Waals surface area contributed by atoms with Crippen LogP contribution in [-0.4, -0.2) is 40.6 Å². The Hall–Kier alpha value is 1.43. The van der Waals surface area contributed by atoms with E-state index in [4.69, 9.17) is 4.18 Å². The molecule has 0 radical (unpaired) electrons. The molecule has 0 unspecified atom stereocenters. The molecule has 0 aliphatic carbocycles. The average molecular weight is 532 g/mol.